The Morgan fingerprint density at radius 1 is 1.22 bits per heavy atom. The van der Waals surface area contributed by atoms with Gasteiger partial charge in [0.25, 0.3) is 5.91 Å². The zero-order chi connectivity index (χ0) is 16.8. The number of ether oxygens (including phenoxy) is 1. The van der Waals surface area contributed by atoms with Crippen LogP contribution in [0.25, 0.3) is 10.8 Å². The Kier molecular flexibility index (Phi) is 5.57. The van der Waals surface area contributed by atoms with Crippen LogP contribution in [0.4, 0.5) is 5.69 Å². The molecule has 1 atom stereocenters. The maximum Gasteiger partial charge on any atom is 0.328 e. The number of nitrogens with one attached hydrogen (secondary N) is 1. The van der Waals surface area contributed by atoms with Crippen molar-refractivity contribution in [3.63, 3.8) is 0 Å². The summed E-state index contributed by atoms with van der Waals surface area (Å²) in [7, 11) is 1.32. The van der Waals surface area contributed by atoms with Crippen molar-refractivity contribution in [3.8, 4) is 0 Å². The van der Waals surface area contributed by atoms with Crippen molar-refractivity contribution < 1.29 is 14.3 Å². The number of anilines is 1. The van der Waals surface area contributed by atoms with E-state index in [2.05, 4.69) is 5.32 Å². The summed E-state index contributed by atoms with van der Waals surface area (Å²) >= 11 is 0. The Morgan fingerprint density at radius 2 is 1.87 bits per heavy atom. The topological polar surface area (TPSA) is 81.4 Å². The van der Waals surface area contributed by atoms with Crippen molar-refractivity contribution in [1.29, 1.82) is 0 Å². The van der Waals surface area contributed by atoms with Gasteiger partial charge in [0.1, 0.15) is 6.04 Å². The highest BCUT2D eigenvalue weighted by Gasteiger charge is 2.22. The van der Waals surface area contributed by atoms with E-state index < -0.39 is 12.0 Å². The maximum atomic E-state index is 12.5. The third kappa shape index (κ3) is 4.00. The zero-order valence-electron chi connectivity index (χ0n) is 13.5. The van der Waals surface area contributed by atoms with Crippen LogP contribution < -0.4 is 11.1 Å². The minimum absolute atomic E-state index is 0.361. The third-order valence-electron chi connectivity index (χ3n) is 3.80. The molecular weight excluding hydrogens is 292 g/mol. The number of hydrogen-bond donors (Lipinski definition) is 2. The summed E-state index contributed by atoms with van der Waals surface area (Å²) < 4.78 is 4.76. The van der Waals surface area contributed by atoms with Crippen molar-refractivity contribution in [1.82, 2.24) is 5.32 Å². The van der Waals surface area contributed by atoms with E-state index in [1.165, 1.54) is 7.11 Å². The molecule has 0 spiro atoms. The second-order valence-electron chi connectivity index (χ2n) is 5.48. The molecule has 2 rings (SSSR count). The monoisotopic (exact) mass is 314 g/mol. The average molecular weight is 314 g/mol. The van der Waals surface area contributed by atoms with Crippen molar-refractivity contribution in [2.24, 2.45) is 0 Å². The predicted octanol–water partition coefficient (Wildman–Crippen LogP) is 2.88. The predicted molar refractivity (Wildman–Crippen MR) is 91.2 cm³/mol. The summed E-state index contributed by atoms with van der Waals surface area (Å²) in [5.41, 5.74) is 6.75. The molecule has 23 heavy (non-hydrogen) atoms. The van der Waals surface area contributed by atoms with E-state index in [1.54, 1.807) is 12.1 Å². The average Bonchev–Trinajstić information content (AvgIpc) is 2.56. The van der Waals surface area contributed by atoms with E-state index in [9.17, 15) is 9.59 Å². The molecule has 0 aliphatic carbocycles. The number of unbranched alkanes of at least 4 members (excludes halogenated alkanes) is 1. The van der Waals surface area contributed by atoms with Crippen LogP contribution in [0, 0.1) is 0 Å². The molecule has 0 aliphatic rings. The van der Waals surface area contributed by atoms with Crippen LogP contribution in [0.1, 0.15) is 36.5 Å². The van der Waals surface area contributed by atoms with Crippen LogP contribution in [0.15, 0.2) is 36.4 Å². The lowest BCUT2D eigenvalue weighted by Gasteiger charge is -2.17. The molecule has 122 valence electrons. The van der Waals surface area contributed by atoms with Crippen LogP contribution in [0.3, 0.4) is 0 Å². The quantitative estimate of drug-likeness (QED) is 0.634. The number of fused-ring (bicyclic) bond motifs is 1. The third-order valence-corrected chi connectivity index (χ3v) is 3.80. The van der Waals surface area contributed by atoms with Gasteiger partial charge < -0.3 is 15.8 Å². The van der Waals surface area contributed by atoms with Crippen LogP contribution in [0.2, 0.25) is 0 Å². The van der Waals surface area contributed by atoms with Crippen LogP contribution >= 0.6 is 0 Å². The zero-order valence-corrected chi connectivity index (χ0v) is 13.5. The normalized spacial score (nSPS) is 11.9. The van der Waals surface area contributed by atoms with Gasteiger partial charge in [-0.1, -0.05) is 44.0 Å². The molecule has 5 heteroatoms. The van der Waals surface area contributed by atoms with Crippen molar-refractivity contribution >= 4 is 28.3 Å². The van der Waals surface area contributed by atoms with Gasteiger partial charge in [-0.2, -0.15) is 0 Å². The first-order chi connectivity index (χ1) is 11.1. The van der Waals surface area contributed by atoms with Gasteiger partial charge in [0, 0.05) is 5.69 Å². The number of hydrogen-bond acceptors (Lipinski definition) is 4. The van der Waals surface area contributed by atoms with Crippen LogP contribution in [-0.2, 0) is 9.53 Å². The molecule has 2 aromatic rings. The number of esters is 1. The van der Waals surface area contributed by atoms with Crippen molar-refractivity contribution in [3.05, 3.63) is 42.0 Å². The molecule has 0 heterocycles. The van der Waals surface area contributed by atoms with Gasteiger partial charge in [-0.05, 0) is 29.3 Å². The molecule has 0 saturated carbocycles. The second-order valence-corrected chi connectivity index (χ2v) is 5.48. The van der Waals surface area contributed by atoms with Crippen LogP contribution in [-0.4, -0.2) is 25.0 Å². The van der Waals surface area contributed by atoms with Gasteiger partial charge >= 0.3 is 5.97 Å². The lowest BCUT2D eigenvalue weighted by molar-refractivity contribution is -0.143. The summed E-state index contributed by atoms with van der Waals surface area (Å²) in [6.07, 6.45) is 2.30. The molecule has 0 saturated heterocycles. The molecule has 0 bridgehead atoms. The van der Waals surface area contributed by atoms with E-state index >= 15 is 0 Å². The molecule has 0 aromatic heterocycles. The Balaban J connectivity index is 2.24. The maximum absolute atomic E-state index is 12.5. The number of nitrogen functional groups attached to an aromatic ring is 1. The fourth-order valence-corrected chi connectivity index (χ4v) is 2.49. The van der Waals surface area contributed by atoms with E-state index in [-0.39, 0.29) is 5.91 Å². The van der Waals surface area contributed by atoms with Gasteiger partial charge in [-0.25, -0.2) is 4.79 Å². The molecule has 5 nitrogen and oxygen atoms in total. The van der Waals surface area contributed by atoms with Gasteiger partial charge in [-0.3, -0.25) is 4.79 Å². The Hall–Kier alpha value is -2.56. The SMILES string of the molecule is CCCC[C@@H](NC(=O)c1cc2ccccc2cc1N)C(=O)OC. The van der Waals surface area contributed by atoms with Gasteiger partial charge in [-0.15, -0.1) is 0 Å². The fourth-order valence-electron chi connectivity index (χ4n) is 2.49. The first-order valence-corrected chi connectivity index (χ1v) is 7.73. The Morgan fingerprint density at radius 3 is 2.48 bits per heavy atom. The van der Waals surface area contributed by atoms with Gasteiger partial charge in [0.2, 0.25) is 0 Å². The van der Waals surface area contributed by atoms with Gasteiger partial charge in [0.05, 0.1) is 12.7 Å². The Labute approximate surface area is 135 Å². The number of carbonyl (C=O) groups excluding carboxylic acids is 2. The number of nitrogens with two attached hydrogens (primary N) is 1. The highest BCUT2D eigenvalue weighted by Crippen LogP contribution is 2.22. The van der Waals surface area contributed by atoms with E-state index in [0.717, 1.165) is 23.6 Å². The smallest absolute Gasteiger partial charge is 0.328 e. The number of amides is 1. The summed E-state index contributed by atoms with van der Waals surface area (Å²) in [5.74, 6) is -0.800. The standard InChI is InChI=1S/C18H22N2O3/c1-3-4-9-16(18(22)23-2)20-17(21)14-10-12-7-5-6-8-13(12)11-15(14)19/h5-8,10-11,16H,3-4,9,19H2,1-2H3,(H,20,21)/t16-/m1/s1. The number of rotatable bonds is 6. The highest BCUT2D eigenvalue weighted by molar-refractivity contribution is 6.05. The number of benzene rings is 2. The largest absolute Gasteiger partial charge is 0.467 e. The second kappa shape index (κ2) is 7.63. The first-order valence-electron chi connectivity index (χ1n) is 7.73. The molecule has 0 aliphatic heterocycles. The molecular formula is C18H22N2O3. The molecule has 0 radical (unpaired) electrons. The highest BCUT2D eigenvalue weighted by atomic mass is 16.5. The van der Waals surface area contributed by atoms with E-state index in [4.69, 9.17) is 10.5 Å². The summed E-state index contributed by atoms with van der Waals surface area (Å²) in [6.45, 7) is 2.03. The molecule has 1 amide bonds. The lowest BCUT2D eigenvalue weighted by atomic mass is 10.0. The van der Waals surface area contributed by atoms with E-state index in [1.807, 2.05) is 31.2 Å². The molecule has 0 unspecified atom stereocenters. The minimum Gasteiger partial charge on any atom is -0.467 e. The molecule has 3 N–H and O–H groups in total. The minimum atomic E-state index is -0.654. The van der Waals surface area contributed by atoms with Crippen molar-refractivity contribution in [2.75, 3.05) is 12.8 Å². The Bertz CT molecular complexity index is 712. The summed E-state index contributed by atoms with van der Waals surface area (Å²) in [4.78, 5) is 24.3. The van der Waals surface area contributed by atoms with E-state index in [0.29, 0.717) is 17.7 Å². The summed E-state index contributed by atoms with van der Waals surface area (Å²) in [5, 5.41) is 4.63. The van der Waals surface area contributed by atoms with Crippen molar-refractivity contribution in [2.45, 2.75) is 32.2 Å². The number of methoxy groups -OCH3 is 1. The lowest BCUT2D eigenvalue weighted by Crippen LogP contribution is -2.41. The summed E-state index contributed by atoms with van der Waals surface area (Å²) in [6, 6.07) is 10.5. The number of carbonyl (C=O) groups is 2. The fraction of sp³-hybridized carbons (Fsp3) is 0.333. The van der Waals surface area contributed by atoms with Crippen LogP contribution in [0.5, 0.6) is 0 Å². The van der Waals surface area contributed by atoms with Gasteiger partial charge in [0.15, 0.2) is 0 Å². The molecule has 2 aromatic carbocycles. The molecule has 0 fully saturated rings. The first kappa shape index (κ1) is 16.8.